The van der Waals surface area contributed by atoms with E-state index in [1.54, 1.807) is 13.1 Å². The van der Waals surface area contributed by atoms with Gasteiger partial charge in [-0.15, -0.1) is 0 Å². The van der Waals surface area contributed by atoms with E-state index >= 15 is 0 Å². The third kappa shape index (κ3) is 2.49. The number of nitrogens with zero attached hydrogens (tertiary/aromatic N) is 2. The standard InChI is InChI=1S/C16H17N5O2/c1-9-14(20-16(23-9)11-5-17-6-11)15(22)18-7-10-3-2-4-13-12(10)8-19-21-13/h2-4,8,11,17H,5-7H2,1H3,(H,18,22)(H,19,21). The van der Waals surface area contributed by atoms with Crippen molar-refractivity contribution in [2.24, 2.45) is 0 Å². The molecule has 1 aliphatic heterocycles. The van der Waals surface area contributed by atoms with Crippen molar-refractivity contribution in [1.29, 1.82) is 0 Å². The van der Waals surface area contributed by atoms with Crippen LogP contribution in [0.4, 0.5) is 0 Å². The minimum absolute atomic E-state index is 0.217. The Kier molecular flexibility index (Phi) is 3.34. The fourth-order valence-electron chi connectivity index (χ4n) is 2.71. The van der Waals surface area contributed by atoms with E-state index in [0.29, 0.717) is 23.9 Å². The topological polar surface area (TPSA) is 95.8 Å². The number of carbonyl (C=O) groups is 1. The Balaban J connectivity index is 1.49. The predicted octanol–water partition coefficient (Wildman–Crippen LogP) is 1.48. The Morgan fingerprint density at radius 1 is 1.43 bits per heavy atom. The summed E-state index contributed by atoms with van der Waals surface area (Å²) < 4.78 is 5.62. The van der Waals surface area contributed by atoms with Crippen LogP contribution in [-0.2, 0) is 6.54 Å². The monoisotopic (exact) mass is 311 g/mol. The van der Waals surface area contributed by atoms with Gasteiger partial charge in [0.2, 0.25) is 5.89 Å². The first-order valence-corrected chi connectivity index (χ1v) is 7.59. The Labute approximate surface area is 132 Å². The van der Waals surface area contributed by atoms with Crippen LogP contribution in [0.3, 0.4) is 0 Å². The minimum Gasteiger partial charge on any atom is -0.445 e. The highest BCUT2D eigenvalue weighted by Crippen LogP contribution is 2.22. The summed E-state index contributed by atoms with van der Waals surface area (Å²) in [5.74, 6) is 1.26. The van der Waals surface area contributed by atoms with Gasteiger partial charge in [0.25, 0.3) is 5.91 Å². The van der Waals surface area contributed by atoms with Gasteiger partial charge < -0.3 is 15.1 Å². The average Bonchev–Trinajstić information content (AvgIpc) is 3.10. The number of fused-ring (bicyclic) bond motifs is 1. The number of carbonyl (C=O) groups excluding carboxylic acids is 1. The molecule has 3 aromatic rings. The smallest absolute Gasteiger partial charge is 0.273 e. The van der Waals surface area contributed by atoms with E-state index in [2.05, 4.69) is 25.8 Å². The van der Waals surface area contributed by atoms with Crippen LogP contribution in [0.1, 0.15) is 33.6 Å². The maximum Gasteiger partial charge on any atom is 0.273 e. The second kappa shape index (κ2) is 5.51. The van der Waals surface area contributed by atoms with Gasteiger partial charge in [0.1, 0.15) is 5.76 Å². The minimum atomic E-state index is -0.217. The molecule has 1 aliphatic rings. The molecule has 0 radical (unpaired) electrons. The third-order valence-corrected chi connectivity index (χ3v) is 4.17. The molecule has 118 valence electrons. The van der Waals surface area contributed by atoms with Crippen molar-refractivity contribution in [1.82, 2.24) is 25.8 Å². The maximum absolute atomic E-state index is 12.4. The number of nitrogens with one attached hydrogen (secondary N) is 3. The van der Waals surface area contributed by atoms with E-state index in [4.69, 9.17) is 4.42 Å². The summed E-state index contributed by atoms with van der Waals surface area (Å²) in [6.07, 6.45) is 1.76. The van der Waals surface area contributed by atoms with Crippen LogP contribution >= 0.6 is 0 Å². The SMILES string of the molecule is Cc1oc(C2CNC2)nc1C(=O)NCc1cccc2[nH]ncc12. The lowest BCUT2D eigenvalue weighted by atomic mass is 10.0. The van der Waals surface area contributed by atoms with Gasteiger partial charge in [-0.25, -0.2) is 4.98 Å². The summed E-state index contributed by atoms with van der Waals surface area (Å²) in [5, 5.41) is 14.0. The molecule has 3 heterocycles. The fraction of sp³-hybridized carbons (Fsp3) is 0.312. The molecule has 23 heavy (non-hydrogen) atoms. The molecule has 7 heteroatoms. The quantitative estimate of drug-likeness (QED) is 0.678. The molecule has 0 unspecified atom stereocenters. The Hall–Kier alpha value is -2.67. The van der Waals surface area contributed by atoms with E-state index < -0.39 is 0 Å². The molecule has 0 saturated carbocycles. The molecule has 7 nitrogen and oxygen atoms in total. The lowest BCUT2D eigenvalue weighted by Gasteiger charge is -2.23. The molecule has 3 N–H and O–H groups in total. The van der Waals surface area contributed by atoms with Gasteiger partial charge in [0.05, 0.1) is 17.6 Å². The highest BCUT2D eigenvalue weighted by Gasteiger charge is 2.27. The van der Waals surface area contributed by atoms with Crippen molar-refractivity contribution < 1.29 is 9.21 Å². The number of hydrogen-bond donors (Lipinski definition) is 3. The van der Waals surface area contributed by atoms with Crippen LogP contribution < -0.4 is 10.6 Å². The normalized spacial score (nSPS) is 14.8. The number of H-pyrrole nitrogens is 1. The Bertz CT molecular complexity index is 862. The zero-order valence-electron chi connectivity index (χ0n) is 12.7. The van der Waals surface area contributed by atoms with Gasteiger partial charge in [-0.2, -0.15) is 5.10 Å². The highest BCUT2D eigenvalue weighted by atomic mass is 16.4. The van der Waals surface area contributed by atoms with Crippen LogP contribution in [0.15, 0.2) is 28.8 Å². The number of aromatic amines is 1. The van der Waals surface area contributed by atoms with Gasteiger partial charge in [-0.3, -0.25) is 9.89 Å². The van der Waals surface area contributed by atoms with Crippen molar-refractivity contribution in [2.45, 2.75) is 19.4 Å². The van der Waals surface area contributed by atoms with E-state index in [-0.39, 0.29) is 11.8 Å². The van der Waals surface area contributed by atoms with Crippen LogP contribution in [0.25, 0.3) is 10.9 Å². The van der Waals surface area contributed by atoms with Crippen molar-refractivity contribution in [3.8, 4) is 0 Å². The summed E-state index contributed by atoms with van der Waals surface area (Å²) in [6, 6.07) is 5.86. The summed E-state index contributed by atoms with van der Waals surface area (Å²) >= 11 is 0. The fourth-order valence-corrected chi connectivity index (χ4v) is 2.71. The van der Waals surface area contributed by atoms with Crippen LogP contribution in [0.2, 0.25) is 0 Å². The highest BCUT2D eigenvalue weighted by molar-refractivity contribution is 5.93. The van der Waals surface area contributed by atoms with Crippen molar-refractivity contribution in [3.63, 3.8) is 0 Å². The second-order valence-electron chi connectivity index (χ2n) is 5.74. The summed E-state index contributed by atoms with van der Waals surface area (Å²) in [5.41, 5.74) is 2.33. The second-order valence-corrected chi connectivity index (χ2v) is 5.74. The van der Waals surface area contributed by atoms with E-state index in [9.17, 15) is 4.79 Å². The van der Waals surface area contributed by atoms with Crippen LogP contribution in [0.5, 0.6) is 0 Å². The maximum atomic E-state index is 12.4. The molecule has 0 atom stereocenters. The number of aryl methyl sites for hydroxylation is 1. The largest absolute Gasteiger partial charge is 0.445 e. The van der Waals surface area contributed by atoms with E-state index in [1.807, 2.05) is 18.2 Å². The first-order chi connectivity index (χ1) is 11.2. The van der Waals surface area contributed by atoms with Gasteiger partial charge in [0.15, 0.2) is 5.69 Å². The van der Waals surface area contributed by atoms with Gasteiger partial charge >= 0.3 is 0 Å². The molecule has 2 aromatic heterocycles. The molecule has 0 bridgehead atoms. The van der Waals surface area contributed by atoms with Gasteiger partial charge in [-0.1, -0.05) is 12.1 Å². The number of rotatable bonds is 4. The number of oxazole rings is 1. The van der Waals surface area contributed by atoms with Crippen molar-refractivity contribution >= 4 is 16.8 Å². The molecule has 4 rings (SSSR count). The van der Waals surface area contributed by atoms with Crippen molar-refractivity contribution in [3.05, 3.63) is 47.3 Å². The van der Waals surface area contributed by atoms with Gasteiger partial charge in [0, 0.05) is 25.0 Å². The van der Waals surface area contributed by atoms with Crippen molar-refractivity contribution in [2.75, 3.05) is 13.1 Å². The molecule has 1 aromatic carbocycles. The zero-order valence-corrected chi connectivity index (χ0v) is 12.7. The predicted molar refractivity (Wildman–Crippen MR) is 84.1 cm³/mol. The van der Waals surface area contributed by atoms with E-state index in [1.165, 1.54) is 0 Å². The van der Waals surface area contributed by atoms with Gasteiger partial charge in [-0.05, 0) is 18.6 Å². The summed E-state index contributed by atoms with van der Waals surface area (Å²) in [6.45, 7) is 3.89. The zero-order chi connectivity index (χ0) is 15.8. The summed E-state index contributed by atoms with van der Waals surface area (Å²) in [4.78, 5) is 16.7. The first kappa shape index (κ1) is 14.0. The molecule has 0 spiro atoms. The lowest BCUT2D eigenvalue weighted by Crippen LogP contribution is -2.40. The number of aromatic nitrogens is 3. The number of amides is 1. The molecule has 1 saturated heterocycles. The molecular formula is C16H17N5O2. The first-order valence-electron chi connectivity index (χ1n) is 7.59. The Morgan fingerprint density at radius 3 is 3.09 bits per heavy atom. The third-order valence-electron chi connectivity index (χ3n) is 4.17. The van der Waals surface area contributed by atoms with Crippen LogP contribution in [0, 0.1) is 6.92 Å². The molecule has 1 amide bonds. The van der Waals surface area contributed by atoms with E-state index in [0.717, 1.165) is 29.6 Å². The number of hydrogen-bond acceptors (Lipinski definition) is 5. The van der Waals surface area contributed by atoms with Crippen LogP contribution in [-0.4, -0.2) is 34.2 Å². The lowest BCUT2D eigenvalue weighted by molar-refractivity contribution is 0.0945. The summed E-state index contributed by atoms with van der Waals surface area (Å²) in [7, 11) is 0. The number of benzene rings is 1. The molecule has 0 aliphatic carbocycles. The Morgan fingerprint density at radius 2 is 2.30 bits per heavy atom. The molecular weight excluding hydrogens is 294 g/mol. The molecule has 1 fully saturated rings. The average molecular weight is 311 g/mol.